The minimum atomic E-state index is -0.0845. The van der Waals surface area contributed by atoms with Gasteiger partial charge in [-0.05, 0) is 12.0 Å². The van der Waals surface area contributed by atoms with Gasteiger partial charge in [0.15, 0.2) is 0 Å². The highest BCUT2D eigenvalue weighted by Crippen LogP contribution is 1.99. The molecule has 4 nitrogen and oxygen atoms in total. The van der Waals surface area contributed by atoms with Crippen LogP contribution in [0.4, 0.5) is 0 Å². The molecule has 0 fully saturated rings. The molecule has 1 aromatic carbocycles. The van der Waals surface area contributed by atoms with Crippen LogP contribution < -0.4 is 5.32 Å². The molecule has 0 radical (unpaired) electrons. The van der Waals surface area contributed by atoms with E-state index in [1.165, 1.54) is 5.56 Å². The quantitative estimate of drug-likeness (QED) is 0.656. The Morgan fingerprint density at radius 2 is 2.00 bits per heavy atom. The summed E-state index contributed by atoms with van der Waals surface area (Å²) in [5, 5.41) is 11.1. The molecule has 0 aliphatic carbocycles. The van der Waals surface area contributed by atoms with Gasteiger partial charge in [0.05, 0.1) is 19.8 Å². The highest BCUT2D eigenvalue weighted by Gasteiger charge is 1.99. The van der Waals surface area contributed by atoms with Crippen molar-refractivity contribution in [3.05, 3.63) is 35.9 Å². The molecule has 1 amide bonds. The molecule has 0 spiro atoms. The van der Waals surface area contributed by atoms with Crippen molar-refractivity contribution in [2.45, 2.75) is 12.8 Å². The van der Waals surface area contributed by atoms with E-state index in [1.54, 1.807) is 0 Å². The van der Waals surface area contributed by atoms with Gasteiger partial charge in [0.2, 0.25) is 5.91 Å². The molecule has 1 rings (SSSR count). The Hall–Kier alpha value is -1.39. The second-order valence-corrected chi connectivity index (χ2v) is 3.67. The van der Waals surface area contributed by atoms with E-state index >= 15 is 0 Å². The fraction of sp³-hybridized carbons (Fsp3) is 0.462. The van der Waals surface area contributed by atoms with Crippen LogP contribution in [0.5, 0.6) is 0 Å². The van der Waals surface area contributed by atoms with E-state index in [1.807, 2.05) is 18.2 Å². The lowest BCUT2D eigenvalue weighted by molar-refractivity contribution is -0.122. The lowest BCUT2D eigenvalue weighted by Crippen LogP contribution is -2.27. The molecule has 0 bridgehead atoms. The largest absolute Gasteiger partial charge is 0.395 e. The molecule has 0 unspecified atom stereocenters. The van der Waals surface area contributed by atoms with Gasteiger partial charge in [-0.1, -0.05) is 30.3 Å². The molecule has 0 aliphatic heterocycles. The van der Waals surface area contributed by atoms with Crippen LogP contribution >= 0.6 is 0 Å². The van der Waals surface area contributed by atoms with Crippen LogP contribution in [0.25, 0.3) is 0 Å². The average molecular weight is 237 g/mol. The van der Waals surface area contributed by atoms with Crippen LogP contribution in [0.2, 0.25) is 0 Å². The highest BCUT2D eigenvalue weighted by molar-refractivity contribution is 5.75. The normalized spacial score (nSPS) is 10.2. The van der Waals surface area contributed by atoms with Gasteiger partial charge in [-0.25, -0.2) is 0 Å². The van der Waals surface area contributed by atoms with Gasteiger partial charge in [-0.3, -0.25) is 4.79 Å². The summed E-state index contributed by atoms with van der Waals surface area (Å²) >= 11 is 0. The number of hydrogen-bond acceptors (Lipinski definition) is 3. The fourth-order valence-corrected chi connectivity index (χ4v) is 1.39. The van der Waals surface area contributed by atoms with E-state index in [9.17, 15) is 4.79 Å². The molecule has 2 N–H and O–H groups in total. The van der Waals surface area contributed by atoms with Crippen LogP contribution in [-0.2, 0) is 16.0 Å². The average Bonchev–Trinajstić information content (AvgIpc) is 2.37. The first-order valence-corrected chi connectivity index (χ1v) is 5.82. The second-order valence-electron chi connectivity index (χ2n) is 3.67. The zero-order valence-corrected chi connectivity index (χ0v) is 9.89. The van der Waals surface area contributed by atoms with E-state index in [0.717, 1.165) is 6.42 Å². The summed E-state index contributed by atoms with van der Waals surface area (Å²) < 4.78 is 5.36. The molecule has 0 saturated carbocycles. The third kappa shape index (κ3) is 6.71. The van der Waals surface area contributed by atoms with Crippen molar-refractivity contribution >= 4 is 5.91 Å². The van der Waals surface area contributed by atoms with Gasteiger partial charge in [0.1, 0.15) is 0 Å². The molecule has 94 valence electrons. The number of carbonyl (C=O) groups is 1. The molecule has 4 heteroatoms. The van der Waals surface area contributed by atoms with Crippen molar-refractivity contribution in [3.63, 3.8) is 0 Å². The Kier molecular flexibility index (Phi) is 7.02. The molecule has 0 aromatic heterocycles. The highest BCUT2D eigenvalue weighted by atomic mass is 16.5. The van der Waals surface area contributed by atoms with E-state index in [4.69, 9.17) is 9.84 Å². The molecule has 1 aromatic rings. The van der Waals surface area contributed by atoms with Crippen LogP contribution in [0.1, 0.15) is 12.0 Å². The van der Waals surface area contributed by atoms with E-state index in [0.29, 0.717) is 26.2 Å². The number of benzene rings is 1. The Balaban J connectivity index is 1.99. The van der Waals surface area contributed by atoms with Gasteiger partial charge in [-0.15, -0.1) is 0 Å². The lowest BCUT2D eigenvalue weighted by atomic mass is 10.2. The van der Waals surface area contributed by atoms with Crippen molar-refractivity contribution in [1.82, 2.24) is 5.32 Å². The molecule has 0 atom stereocenters. The summed E-state index contributed by atoms with van der Waals surface area (Å²) in [5.74, 6) is -0.0845. The molecule has 17 heavy (non-hydrogen) atoms. The first-order chi connectivity index (χ1) is 8.33. The first-order valence-electron chi connectivity index (χ1n) is 5.82. The predicted molar refractivity (Wildman–Crippen MR) is 65.7 cm³/mol. The van der Waals surface area contributed by atoms with Gasteiger partial charge >= 0.3 is 0 Å². The van der Waals surface area contributed by atoms with E-state index in [-0.39, 0.29) is 12.5 Å². The van der Waals surface area contributed by atoms with Crippen LogP contribution in [-0.4, -0.2) is 37.4 Å². The molecular formula is C13H19NO3. The van der Waals surface area contributed by atoms with Crippen molar-refractivity contribution in [2.75, 3.05) is 26.4 Å². The summed E-state index contributed by atoms with van der Waals surface area (Å²) in [7, 11) is 0. The zero-order valence-electron chi connectivity index (χ0n) is 9.89. The number of nitrogens with one attached hydrogen (secondary N) is 1. The van der Waals surface area contributed by atoms with Gasteiger partial charge in [-0.2, -0.15) is 0 Å². The van der Waals surface area contributed by atoms with E-state index in [2.05, 4.69) is 17.4 Å². The first kappa shape index (κ1) is 13.7. The maximum absolute atomic E-state index is 11.1. The summed E-state index contributed by atoms with van der Waals surface area (Å²) in [6.45, 7) is 1.32. The van der Waals surface area contributed by atoms with Gasteiger partial charge in [0.25, 0.3) is 0 Å². The van der Waals surface area contributed by atoms with E-state index < -0.39 is 0 Å². The number of aliphatic hydroxyl groups is 1. The number of aliphatic hydroxyl groups excluding tert-OH is 1. The fourth-order valence-electron chi connectivity index (χ4n) is 1.39. The number of hydrogen-bond donors (Lipinski definition) is 2. The Morgan fingerprint density at radius 3 is 2.71 bits per heavy atom. The van der Waals surface area contributed by atoms with Gasteiger partial charge in [0, 0.05) is 13.0 Å². The Bertz CT molecular complexity index is 314. The van der Waals surface area contributed by atoms with Crippen LogP contribution in [0, 0.1) is 0 Å². The maximum atomic E-state index is 11.1. The van der Waals surface area contributed by atoms with Crippen LogP contribution in [0.15, 0.2) is 30.3 Å². The smallest absolute Gasteiger partial charge is 0.222 e. The number of carbonyl (C=O) groups excluding carboxylic acids is 1. The summed E-state index contributed by atoms with van der Waals surface area (Å²) in [4.78, 5) is 11.1. The standard InChI is InChI=1S/C13H19NO3/c15-9-8-14-13(16)7-11-17-10-6-12-4-2-1-3-5-12/h1-5,15H,6-11H2,(H,14,16). The number of ether oxygens (including phenoxy) is 1. The Morgan fingerprint density at radius 1 is 1.24 bits per heavy atom. The molecule has 0 saturated heterocycles. The molecule has 0 aliphatic rings. The number of rotatable bonds is 8. The summed E-state index contributed by atoms with van der Waals surface area (Å²) in [6.07, 6.45) is 1.20. The minimum absolute atomic E-state index is 0.0272. The van der Waals surface area contributed by atoms with Crippen molar-refractivity contribution in [3.8, 4) is 0 Å². The Labute approximate surface area is 102 Å². The lowest BCUT2D eigenvalue weighted by Gasteiger charge is -2.05. The monoisotopic (exact) mass is 237 g/mol. The molecule has 0 heterocycles. The topological polar surface area (TPSA) is 58.6 Å². The summed E-state index contributed by atoms with van der Waals surface area (Å²) in [6, 6.07) is 10.1. The zero-order chi connectivity index (χ0) is 12.3. The van der Waals surface area contributed by atoms with Crippen molar-refractivity contribution in [1.29, 1.82) is 0 Å². The SMILES string of the molecule is O=C(CCOCCc1ccccc1)NCCO. The van der Waals surface area contributed by atoms with Crippen molar-refractivity contribution in [2.24, 2.45) is 0 Å². The molecular weight excluding hydrogens is 218 g/mol. The summed E-state index contributed by atoms with van der Waals surface area (Å²) in [5.41, 5.74) is 1.23. The van der Waals surface area contributed by atoms with Crippen LogP contribution in [0.3, 0.4) is 0 Å². The third-order valence-electron chi connectivity index (χ3n) is 2.29. The van der Waals surface area contributed by atoms with Gasteiger partial charge < -0.3 is 15.2 Å². The minimum Gasteiger partial charge on any atom is -0.395 e. The second kappa shape index (κ2) is 8.73. The third-order valence-corrected chi connectivity index (χ3v) is 2.29. The predicted octanol–water partition coefficient (Wildman–Crippen LogP) is 0.744. The maximum Gasteiger partial charge on any atom is 0.222 e. The number of amides is 1. The van der Waals surface area contributed by atoms with Crippen molar-refractivity contribution < 1.29 is 14.6 Å².